The third-order valence-electron chi connectivity index (χ3n) is 1.97. The van der Waals surface area contributed by atoms with Crippen LogP contribution in [0.3, 0.4) is 0 Å². The van der Waals surface area contributed by atoms with Gasteiger partial charge in [-0.05, 0) is 44.5 Å². The Kier molecular flexibility index (Phi) is 4.18. The highest BCUT2D eigenvalue weighted by atomic mass is 79.9. The summed E-state index contributed by atoms with van der Waals surface area (Å²) in [5, 5.41) is 3.17. The average molecular weight is 366 g/mol. The van der Waals surface area contributed by atoms with Crippen molar-refractivity contribution >= 4 is 43.2 Å². The summed E-state index contributed by atoms with van der Waals surface area (Å²) in [4.78, 5) is 5.28. The van der Waals surface area contributed by atoms with Crippen molar-refractivity contribution in [2.24, 2.45) is 0 Å². The van der Waals surface area contributed by atoms with E-state index in [0.717, 1.165) is 31.3 Å². The highest BCUT2D eigenvalue weighted by Gasteiger charge is 2.11. The van der Waals surface area contributed by atoms with Gasteiger partial charge in [0.1, 0.15) is 0 Å². The number of nitrogens with zero attached hydrogens (tertiary/aromatic N) is 1. The molecule has 6 heteroatoms. The zero-order valence-corrected chi connectivity index (χ0v) is 12.6. The van der Waals surface area contributed by atoms with Crippen LogP contribution in [-0.2, 0) is 6.54 Å². The number of oxazole rings is 1. The maximum absolute atomic E-state index is 5.64. The highest BCUT2D eigenvalue weighted by Crippen LogP contribution is 2.38. The molecule has 0 aliphatic heterocycles. The van der Waals surface area contributed by atoms with Crippen LogP contribution >= 0.6 is 43.2 Å². The Labute approximate surface area is 115 Å². The Bertz CT molecular complexity index is 461. The monoisotopic (exact) mass is 364 g/mol. The number of nitrogens with one attached hydrogen (secondary N) is 1. The van der Waals surface area contributed by atoms with E-state index in [1.54, 1.807) is 17.5 Å². The Hall–Kier alpha value is -0.170. The van der Waals surface area contributed by atoms with Gasteiger partial charge in [-0.15, -0.1) is 11.3 Å². The van der Waals surface area contributed by atoms with Gasteiger partial charge in [-0.2, -0.15) is 0 Å². The fourth-order valence-corrected chi connectivity index (χ4v) is 3.19. The normalized spacial score (nSPS) is 10.9. The van der Waals surface area contributed by atoms with Crippen LogP contribution in [0.25, 0.3) is 10.6 Å². The van der Waals surface area contributed by atoms with E-state index >= 15 is 0 Å². The van der Waals surface area contributed by atoms with Crippen LogP contribution in [-0.4, -0.2) is 11.5 Å². The fourth-order valence-electron chi connectivity index (χ4n) is 1.21. The van der Waals surface area contributed by atoms with Gasteiger partial charge in [0.15, 0.2) is 5.76 Å². The van der Waals surface area contributed by atoms with E-state index in [1.165, 1.54) is 0 Å². The molecule has 0 bridgehead atoms. The van der Waals surface area contributed by atoms with Crippen LogP contribution in [0.5, 0.6) is 0 Å². The zero-order chi connectivity index (χ0) is 11.5. The molecule has 3 nitrogen and oxygen atoms in total. The molecule has 2 aromatic heterocycles. The van der Waals surface area contributed by atoms with E-state index in [2.05, 4.69) is 49.1 Å². The SMILES string of the molecule is CCNCc1ncc(-c2cc(Br)c(Br)s2)o1. The Balaban J connectivity index is 2.18. The third-order valence-corrected chi connectivity index (χ3v) is 5.24. The molecular weight excluding hydrogens is 356 g/mol. The molecule has 2 aromatic rings. The van der Waals surface area contributed by atoms with E-state index in [0.29, 0.717) is 6.54 Å². The van der Waals surface area contributed by atoms with Crippen LogP contribution < -0.4 is 5.32 Å². The molecule has 2 heterocycles. The maximum Gasteiger partial charge on any atom is 0.208 e. The largest absolute Gasteiger partial charge is 0.438 e. The van der Waals surface area contributed by atoms with Gasteiger partial charge in [-0.25, -0.2) is 4.98 Å². The average Bonchev–Trinajstić information content (AvgIpc) is 2.84. The van der Waals surface area contributed by atoms with Crippen molar-refractivity contribution in [3.63, 3.8) is 0 Å². The van der Waals surface area contributed by atoms with Crippen LogP contribution in [0.2, 0.25) is 0 Å². The maximum atomic E-state index is 5.64. The number of hydrogen-bond donors (Lipinski definition) is 1. The quantitative estimate of drug-likeness (QED) is 0.888. The van der Waals surface area contributed by atoms with E-state index in [1.807, 2.05) is 6.07 Å². The second-order valence-corrected chi connectivity index (χ2v) is 6.36. The number of halogens is 2. The van der Waals surface area contributed by atoms with E-state index < -0.39 is 0 Å². The number of aromatic nitrogens is 1. The Morgan fingerprint density at radius 1 is 1.50 bits per heavy atom. The van der Waals surface area contributed by atoms with Gasteiger partial charge >= 0.3 is 0 Å². The number of rotatable bonds is 4. The van der Waals surface area contributed by atoms with E-state index in [9.17, 15) is 0 Å². The molecular formula is C10H10Br2N2OS. The van der Waals surface area contributed by atoms with Gasteiger partial charge in [0.2, 0.25) is 5.89 Å². The Morgan fingerprint density at radius 3 is 2.94 bits per heavy atom. The van der Waals surface area contributed by atoms with Crippen LogP contribution in [0.15, 0.2) is 24.9 Å². The Morgan fingerprint density at radius 2 is 2.31 bits per heavy atom. The van der Waals surface area contributed by atoms with E-state index in [-0.39, 0.29) is 0 Å². The smallest absolute Gasteiger partial charge is 0.208 e. The van der Waals surface area contributed by atoms with Crippen LogP contribution in [0.1, 0.15) is 12.8 Å². The number of thiophene rings is 1. The molecule has 0 saturated heterocycles. The van der Waals surface area contributed by atoms with Crippen molar-refractivity contribution < 1.29 is 4.42 Å². The van der Waals surface area contributed by atoms with Crippen molar-refractivity contribution in [1.29, 1.82) is 0 Å². The van der Waals surface area contributed by atoms with Gasteiger partial charge < -0.3 is 9.73 Å². The lowest BCUT2D eigenvalue weighted by atomic mass is 10.4. The van der Waals surface area contributed by atoms with Crippen LogP contribution in [0, 0.1) is 0 Å². The third kappa shape index (κ3) is 2.74. The summed E-state index contributed by atoms with van der Waals surface area (Å²) in [6.07, 6.45) is 1.76. The highest BCUT2D eigenvalue weighted by molar-refractivity contribution is 9.13. The molecule has 0 atom stereocenters. The van der Waals surface area contributed by atoms with Crippen molar-refractivity contribution in [3.05, 3.63) is 26.4 Å². The summed E-state index contributed by atoms with van der Waals surface area (Å²) < 4.78 is 7.74. The minimum absolute atomic E-state index is 0.671. The molecule has 86 valence electrons. The lowest BCUT2D eigenvalue weighted by Crippen LogP contribution is -2.11. The lowest BCUT2D eigenvalue weighted by Gasteiger charge is -1.94. The molecule has 0 spiro atoms. The number of hydrogen-bond acceptors (Lipinski definition) is 4. The first-order valence-corrected chi connectivity index (χ1v) is 7.21. The molecule has 2 rings (SSSR count). The van der Waals surface area contributed by atoms with Gasteiger partial charge in [-0.1, -0.05) is 6.92 Å². The molecule has 0 aliphatic carbocycles. The molecule has 16 heavy (non-hydrogen) atoms. The van der Waals surface area contributed by atoms with Crippen molar-refractivity contribution in [3.8, 4) is 10.6 Å². The molecule has 0 aliphatic rings. The second-order valence-electron chi connectivity index (χ2n) is 3.13. The van der Waals surface area contributed by atoms with Crippen molar-refractivity contribution in [2.75, 3.05) is 6.54 Å². The topological polar surface area (TPSA) is 38.1 Å². The molecule has 0 radical (unpaired) electrons. The summed E-state index contributed by atoms with van der Waals surface area (Å²) in [5.41, 5.74) is 0. The van der Waals surface area contributed by atoms with Gasteiger partial charge in [-0.3, -0.25) is 0 Å². The minimum atomic E-state index is 0.671. The zero-order valence-electron chi connectivity index (χ0n) is 8.59. The first kappa shape index (κ1) is 12.3. The van der Waals surface area contributed by atoms with E-state index in [4.69, 9.17) is 4.42 Å². The van der Waals surface area contributed by atoms with Crippen molar-refractivity contribution in [2.45, 2.75) is 13.5 Å². The predicted molar refractivity (Wildman–Crippen MR) is 72.6 cm³/mol. The molecule has 0 fully saturated rings. The molecule has 0 amide bonds. The summed E-state index contributed by atoms with van der Waals surface area (Å²) in [5.74, 6) is 1.53. The molecule has 0 unspecified atom stereocenters. The van der Waals surface area contributed by atoms with Gasteiger partial charge in [0.05, 0.1) is 21.4 Å². The van der Waals surface area contributed by atoms with Crippen molar-refractivity contribution in [1.82, 2.24) is 10.3 Å². The predicted octanol–water partition coefficient (Wildman–Crippen LogP) is 4.04. The molecule has 1 N–H and O–H groups in total. The second kappa shape index (κ2) is 5.44. The molecule has 0 aromatic carbocycles. The summed E-state index contributed by atoms with van der Waals surface area (Å²) in [6.45, 7) is 3.63. The summed E-state index contributed by atoms with van der Waals surface area (Å²) in [6, 6.07) is 2.02. The van der Waals surface area contributed by atoms with Gasteiger partial charge in [0.25, 0.3) is 0 Å². The summed E-state index contributed by atoms with van der Waals surface area (Å²) in [7, 11) is 0. The standard InChI is InChI=1S/C10H10Br2N2OS/c1-2-13-5-9-14-4-7(15-9)8-3-6(11)10(12)16-8/h3-4,13H,2,5H2,1H3. The first-order valence-electron chi connectivity index (χ1n) is 4.81. The fraction of sp³-hybridized carbons (Fsp3) is 0.300. The lowest BCUT2D eigenvalue weighted by molar-refractivity contribution is 0.483. The summed E-state index contributed by atoms with van der Waals surface area (Å²) >= 11 is 8.53. The molecule has 0 saturated carbocycles. The minimum Gasteiger partial charge on any atom is -0.438 e. The van der Waals surface area contributed by atoms with Crippen LogP contribution in [0.4, 0.5) is 0 Å². The first-order chi connectivity index (χ1) is 7.70. The van der Waals surface area contributed by atoms with Gasteiger partial charge in [0, 0.05) is 4.47 Å².